The van der Waals surface area contributed by atoms with Gasteiger partial charge in [-0.1, -0.05) is 6.07 Å². The molecular formula is C13H13N3S. The predicted octanol–water partition coefficient (Wildman–Crippen LogP) is 3.61. The molecule has 4 heteroatoms. The molecule has 3 nitrogen and oxygen atoms in total. The van der Waals surface area contributed by atoms with Crippen LogP contribution in [0.4, 0.5) is 0 Å². The summed E-state index contributed by atoms with van der Waals surface area (Å²) < 4.78 is 0. The van der Waals surface area contributed by atoms with Crippen LogP contribution in [0.15, 0.2) is 18.2 Å². The zero-order valence-corrected chi connectivity index (χ0v) is 10.9. The van der Waals surface area contributed by atoms with E-state index in [2.05, 4.69) is 34.0 Å². The van der Waals surface area contributed by atoms with E-state index in [-0.39, 0.29) is 0 Å². The maximum atomic E-state index is 4.61. The summed E-state index contributed by atoms with van der Waals surface area (Å²) in [5.41, 5.74) is 4.38. The van der Waals surface area contributed by atoms with Crippen molar-refractivity contribution in [3.8, 4) is 10.7 Å². The standard InChI is InChI=1S/C13H13N3S/c1-7-4-5-10-11(6-7)16-13(15-10)12-8(2)14-9(3)17-12/h4-6H,1-3H3,(H,15,16). The van der Waals surface area contributed by atoms with Gasteiger partial charge in [-0.15, -0.1) is 11.3 Å². The average molecular weight is 243 g/mol. The Morgan fingerprint density at radius 2 is 1.94 bits per heavy atom. The molecule has 0 radical (unpaired) electrons. The van der Waals surface area contributed by atoms with Crippen molar-refractivity contribution in [1.82, 2.24) is 15.0 Å². The second-order valence-electron chi connectivity index (χ2n) is 4.25. The lowest BCUT2D eigenvalue weighted by Gasteiger charge is -1.90. The Morgan fingerprint density at radius 1 is 1.12 bits per heavy atom. The number of rotatable bonds is 1. The minimum Gasteiger partial charge on any atom is -0.337 e. The van der Waals surface area contributed by atoms with Gasteiger partial charge in [-0.05, 0) is 38.5 Å². The lowest BCUT2D eigenvalue weighted by molar-refractivity contribution is 1.19. The van der Waals surface area contributed by atoms with Crippen LogP contribution in [0.2, 0.25) is 0 Å². The summed E-state index contributed by atoms with van der Waals surface area (Å²) in [6, 6.07) is 6.25. The van der Waals surface area contributed by atoms with Crippen molar-refractivity contribution in [3.05, 3.63) is 34.5 Å². The molecule has 17 heavy (non-hydrogen) atoms. The molecule has 0 atom stereocenters. The Balaban J connectivity index is 2.21. The molecule has 0 spiro atoms. The van der Waals surface area contributed by atoms with Gasteiger partial charge < -0.3 is 4.98 Å². The van der Waals surface area contributed by atoms with Crippen molar-refractivity contribution in [3.63, 3.8) is 0 Å². The SMILES string of the molecule is Cc1ccc2nc(-c3sc(C)nc3C)[nH]c2c1. The van der Waals surface area contributed by atoms with Gasteiger partial charge in [0, 0.05) is 0 Å². The first-order chi connectivity index (χ1) is 8.13. The van der Waals surface area contributed by atoms with Gasteiger partial charge in [0.1, 0.15) is 0 Å². The van der Waals surface area contributed by atoms with E-state index < -0.39 is 0 Å². The third kappa shape index (κ3) is 1.74. The van der Waals surface area contributed by atoms with Gasteiger partial charge in [0.25, 0.3) is 0 Å². The number of benzene rings is 1. The summed E-state index contributed by atoms with van der Waals surface area (Å²) in [7, 11) is 0. The lowest BCUT2D eigenvalue weighted by Crippen LogP contribution is -1.79. The van der Waals surface area contributed by atoms with Gasteiger partial charge >= 0.3 is 0 Å². The Labute approximate surface area is 104 Å². The van der Waals surface area contributed by atoms with E-state index in [0.29, 0.717) is 0 Å². The monoisotopic (exact) mass is 243 g/mol. The van der Waals surface area contributed by atoms with Gasteiger partial charge in [-0.3, -0.25) is 0 Å². The van der Waals surface area contributed by atoms with Crippen molar-refractivity contribution in [2.75, 3.05) is 0 Å². The third-order valence-electron chi connectivity index (χ3n) is 2.76. The van der Waals surface area contributed by atoms with Gasteiger partial charge in [0.15, 0.2) is 5.82 Å². The van der Waals surface area contributed by atoms with Gasteiger partial charge in [-0.2, -0.15) is 0 Å². The van der Waals surface area contributed by atoms with Crippen LogP contribution in [0.5, 0.6) is 0 Å². The summed E-state index contributed by atoms with van der Waals surface area (Å²) in [5.74, 6) is 0.925. The molecule has 1 N–H and O–H groups in total. The number of aromatic nitrogens is 3. The van der Waals surface area contributed by atoms with Crippen LogP contribution in [0.1, 0.15) is 16.3 Å². The molecule has 3 rings (SSSR count). The van der Waals surface area contributed by atoms with E-state index in [9.17, 15) is 0 Å². The third-order valence-corrected chi connectivity index (χ3v) is 3.84. The zero-order valence-electron chi connectivity index (χ0n) is 10.0. The molecule has 0 aliphatic heterocycles. The minimum absolute atomic E-state index is 0.925. The number of nitrogens with one attached hydrogen (secondary N) is 1. The van der Waals surface area contributed by atoms with E-state index in [1.807, 2.05) is 19.9 Å². The van der Waals surface area contributed by atoms with E-state index >= 15 is 0 Å². The number of nitrogens with zero attached hydrogens (tertiary/aromatic N) is 2. The summed E-state index contributed by atoms with van der Waals surface area (Å²) in [6.45, 7) is 6.13. The first-order valence-corrected chi connectivity index (χ1v) is 6.36. The fourth-order valence-electron chi connectivity index (χ4n) is 1.98. The normalized spacial score (nSPS) is 11.2. The number of hydrogen-bond donors (Lipinski definition) is 1. The molecule has 0 saturated carbocycles. The van der Waals surface area contributed by atoms with Crippen molar-refractivity contribution >= 4 is 22.4 Å². The fourth-order valence-corrected chi connectivity index (χ4v) is 2.85. The first-order valence-electron chi connectivity index (χ1n) is 5.54. The topological polar surface area (TPSA) is 41.6 Å². The van der Waals surface area contributed by atoms with Crippen LogP contribution in [-0.2, 0) is 0 Å². The molecule has 3 aromatic rings. The Kier molecular flexibility index (Phi) is 2.26. The van der Waals surface area contributed by atoms with Crippen LogP contribution >= 0.6 is 11.3 Å². The van der Waals surface area contributed by atoms with Gasteiger partial charge in [0.05, 0.1) is 26.6 Å². The van der Waals surface area contributed by atoms with Crippen LogP contribution in [-0.4, -0.2) is 15.0 Å². The van der Waals surface area contributed by atoms with Crippen molar-refractivity contribution in [2.24, 2.45) is 0 Å². The molecule has 2 heterocycles. The first kappa shape index (κ1) is 10.5. The highest BCUT2D eigenvalue weighted by molar-refractivity contribution is 7.15. The van der Waals surface area contributed by atoms with Crippen molar-refractivity contribution < 1.29 is 0 Å². The zero-order chi connectivity index (χ0) is 12.0. The Bertz CT molecular complexity index is 694. The summed E-state index contributed by atoms with van der Waals surface area (Å²) in [5, 5.41) is 1.08. The molecule has 0 amide bonds. The molecule has 0 aliphatic carbocycles. The van der Waals surface area contributed by atoms with Gasteiger partial charge in [0.2, 0.25) is 0 Å². The molecule has 0 unspecified atom stereocenters. The number of H-pyrrole nitrogens is 1. The number of aromatic amines is 1. The minimum atomic E-state index is 0.925. The Morgan fingerprint density at radius 3 is 2.65 bits per heavy atom. The molecular weight excluding hydrogens is 230 g/mol. The highest BCUT2D eigenvalue weighted by Crippen LogP contribution is 2.29. The number of hydrogen-bond acceptors (Lipinski definition) is 3. The largest absolute Gasteiger partial charge is 0.337 e. The highest BCUT2D eigenvalue weighted by atomic mass is 32.1. The number of thiazole rings is 1. The molecule has 2 aromatic heterocycles. The second-order valence-corrected chi connectivity index (χ2v) is 5.46. The molecule has 1 aromatic carbocycles. The van der Waals surface area contributed by atoms with E-state index in [4.69, 9.17) is 0 Å². The molecule has 0 aliphatic rings. The van der Waals surface area contributed by atoms with E-state index in [1.54, 1.807) is 11.3 Å². The number of fused-ring (bicyclic) bond motifs is 1. The maximum absolute atomic E-state index is 4.61. The van der Waals surface area contributed by atoms with Crippen molar-refractivity contribution in [1.29, 1.82) is 0 Å². The van der Waals surface area contributed by atoms with Crippen LogP contribution < -0.4 is 0 Å². The second kappa shape index (κ2) is 3.67. The van der Waals surface area contributed by atoms with Crippen LogP contribution in [0, 0.1) is 20.8 Å². The van der Waals surface area contributed by atoms with Crippen LogP contribution in [0.3, 0.4) is 0 Å². The van der Waals surface area contributed by atoms with E-state index in [0.717, 1.165) is 32.4 Å². The predicted molar refractivity (Wildman–Crippen MR) is 71.4 cm³/mol. The quantitative estimate of drug-likeness (QED) is 0.709. The number of aryl methyl sites for hydroxylation is 3. The van der Waals surface area contributed by atoms with Crippen molar-refractivity contribution in [2.45, 2.75) is 20.8 Å². The molecule has 0 fully saturated rings. The maximum Gasteiger partial charge on any atom is 0.150 e. The van der Waals surface area contributed by atoms with E-state index in [1.165, 1.54) is 5.56 Å². The fraction of sp³-hybridized carbons (Fsp3) is 0.231. The summed E-state index contributed by atoms with van der Waals surface area (Å²) >= 11 is 1.68. The average Bonchev–Trinajstić information content (AvgIpc) is 2.80. The lowest BCUT2D eigenvalue weighted by atomic mass is 10.2. The highest BCUT2D eigenvalue weighted by Gasteiger charge is 2.11. The van der Waals surface area contributed by atoms with Crippen LogP contribution in [0.25, 0.3) is 21.7 Å². The molecule has 0 saturated heterocycles. The molecule has 86 valence electrons. The number of imidazole rings is 1. The van der Waals surface area contributed by atoms with Gasteiger partial charge in [-0.25, -0.2) is 9.97 Å². The summed E-state index contributed by atoms with van der Waals surface area (Å²) in [4.78, 5) is 13.5. The smallest absolute Gasteiger partial charge is 0.150 e. The summed E-state index contributed by atoms with van der Waals surface area (Å²) in [6.07, 6.45) is 0. The molecule has 0 bridgehead atoms. The Hall–Kier alpha value is -1.68.